The molecule has 0 saturated carbocycles. The van der Waals surface area contributed by atoms with Crippen LogP contribution in [0.5, 0.6) is 11.5 Å². The van der Waals surface area contributed by atoms with Crippen molar-refractivity contribution in [2.24, 2.45) is 0 Å². The number of benzene rings is 3. The molecule has 1 N–H and O–H groups in total. The number of nitriles is 1. The number of halogens is 1. The summed E-state index contributed by atoms with van der Waals surface area (Å²) in [5.41, 5.74) is 3.66. The topological polar surface area (TPSA) is 109 Å². The Morgan fingerprint density at radius 3 is 2.77 bits per heavy atom. The van der Waals surface area contributed by atoms with Gasteiger partial charge in [-0.05, 0) is 41.5 Å². The molecule has 0 spiro atoms. The number of nitrogens with zero attached hydrogens (tertiary/aromatic N) is 3. The van der Waals surface area contributed by atoms with Crippen molar-refractivity contribution in [3.8, 4) is 17.6 Å². The zero-order chi connectivity index (χ0) is 24.5. The molecular formula is C26H20FN3O5. The van der Waals surface area contributed by atoms with Crippen LogP contribution in [0.2, 0.25) is 0 Å². The SMILES string of the molecule is COc1ccc2c(c1OCc1ccc(C#N)cc1)CC(C(=O)O)N(c1nc3ccc(F)cc3o1)C2. The number of hydrogen-bond acceptors (Lipinski definition) is 7. The van der Waals surface area contributed by atoms with Crippen LogP contribution < -0.4 is 14.4 Å². The largest absolute Gasteiger partial charge is 0.493 e. The van der Waals surface area contributed by atoms with Gasteiger partial charge in [0.25, 0.3) is 6.01 Å². The van der Waals surface area contributed by atoms with E-state index < -0.39 is 17.8 Å². The fraction of sp³-hybridized carbons (Fsp3) is 0.192. The molecule has 0 radical (unpaired) electrons. The Bertz CT molecular complexity index is 1460. The smallest absolute Gasteiger partial charge is 0.326 e. The Morgan fingerprint density at radius 1 is 1.26 bits per heavy atom. The van der Waals surface area contributed by atoms with E-state index in [1.165, 1.54) is 25.3 Å². The summed E-state index contributed by atoms with van der Waals surface area (Å²) < 4.78 is 30.9. The first-order chi connectivity index (χ1) is 17.0. The molecule has 0 fully saturated rings. The van der Waals surface area contributed by atoms with Crippen LogP contribution in [0.1, 0.15) is 22.3 Å². The van der Waals surface area contributed by atoms with Crippen LogP contribution in [0.25, 0.3) is 11.1 Å². The summed E-state index contributed by atoms with van der Waals surface area (Å²) in [5.74, 6) is -0.549. The van der Waals surface area contributed by atoms with E-state index in [2.05, 4.69) is 11.1 Å². The number of carboxylic acid groups (broad SMARTS) is 1. The molecule has 35 heavy (non-hydrogen) atoms. The van der Waals surface area contributed by atoms with E-state index in [0.717, 1.165) is 16.7 Å². The van der Waals surface area contributed by atoms with E-state index in [9.17, 15) is 14.3 Å². The van der Waals surface area contributed by atoms with Crippen molar-refractivity contribution in [2.45, 2.75) is 25.6 Å². The van der Waals surface area contributed by atoms with E-state index in [1.54, 1.807) is 35.2 Å². The molecular weight excluding hydrogens is 453 g/mol. The predicted molar refractivity (Wildman–Crippen MR) is 124 cm³/mol. The average molecular weight is 473 g/mol. The molecule has 3 aromatic carbocycles. The maximum absolute atomic E-state index is 13.6. The van der Waals surface area contributed by atoms with Crippen LogP contribution in [0.3, 0.4) is 0 Å². The summed E-state index contributed by atoms with van der Waals surface area (Å²) in [7, 11) is 1.53. The number of aliphatic carboxylic acids is 1. The highest BCUT2D eigenvalue weighted by molar-refractivity contribution is 5.81. The lowest BCUT2D eigenvalue weighted by atomic mass is 9.93. The highest BCUT2D eigenvalue weighted by Crippen LogP contribution is 2.40. The van der Waals surface area contributed by atoms with Crippen LogP contribution >= 0.6 is 0 Å². The van der Waals surface area contributed by atoms with Gasteiger partial charge in [-0.1, -0.05) is 18.2 Å². The Balaban J connectivity index is 1.49. The molecule has 9 heteroatoms. The fourth-order valence-corrected chi connectivity index (χ4v) is 4.20. The van der Waals surface area contributed by atoms with E-state index in [1.807, 2.05) is 6.07 Å². The lowest BCUT2D eigenvalue weighted by Gasteiger charge is -2.34. The number of carboxylic acids is 1. The van der Waals surface area contributed by atoms with Gasteiger partial charge in [0.1, 0.15) is 24.0 Å². The third-order valence-electron chi connectivity index (χ3n) is 5.99. The van der Waals surface area contributed by atoms with Crippen molar-refractivity contribution in [1.29, 1.82) is 5.26 Å². The second-order valence-corrected chi connectivity index (χ2v) is 8.13. The van der Waals surface area contributed by atoms with E-state index in [0.29, 0.717) is 22.6 Å². The summed E-state index contributed by atoms with van der Waals surface area (Å²) in [6.45, 7) is 0.426. The third kappa shape index (κ3) is 4.22. The molecule has 8 nitrogen and oxygen atoms in total. The second-order valence-electron chi connectivity index (χ2n) is 8.13. The van der Waals surface area contributed by atoms with Crippen LogP contribution in [0.4, 0.5) is 10.4 Å². The van der Waals surface area contributed by atoms with Gasteiger partial charge in [-0.2, -0.15) is 10.2 Å². The Morgan fingerprint density at radius 2 is 2.06 bits per heavy atom. The molecule has 0 saturated heterocycles. The number of rotatable bonds is 6. The number of carbonyl (C=O) groups is 1. The third-order valence-corrected chi connectivity index (χ3v) is 5.99. The summed E-state index contributed by atoms with van der Waals surface area (Å²) >= 11 is 0. The fourth-order valence-electron chi connectivity index (χ4n) is 4.20. The zero-order valence-electron chi connectivity index (χ0n) is 18.7. The van der Waals surface area contributed by atoms with Crippen molar-refractivity contribution < 1.29 is 28.2 Å². The maximum Gasteiger partial charge on any atom is 0.326 e. The number of aromatic nitrogens is 1. The first-order valence-corrected chi connectivity index (χ1v) is 10.8. The lowest BCUT2D eigenvalue weighted by Crippen LogP contribution is -2.46. The number of hydrogen-bond donors (Lipinski definition) is 1. The number of oxazole rings is 1. The monoisotopic (exact) mass is 473 g/mol. The quantitative estimate of drug-likeness (QED) is 0.438. The Hall–Kier alpha value is -4.58. The summed E-state index contributed by atoms with van der Waals surface area (Å²) in [6.07, 6.45) is 0.123. The van der Waals surface area contributed by atoms with Gasteiger partial charge in [-0.3, -0.25) is 0 Å². The van der Waals surface area contributed by atoms with Gasteiger partial charge < -0.3 is 23.9 Å². The van der Waals surface area contributed by atoms with E-state index in [-0.39, 0.29) is 31.2 Å². The molecule has 0 amide bonds. The molecule has 1 aliphatic rings. The van der Waals surface area contributed by atoms with Crippen molar-refractivity contribution in [3.05, 3.63) is 82.7 Å². The second kappa shape index (κ2) is 8.99. The Labute approximate surface area is 199 Å². The van der Waals surface area contributed by atoms with E-state index >= 15 is 0 Å². The van der Waals surface area contributed by atoms with Crippen molar-refractivity contribution in [2.75, 3.05) is 12.0 Å². The average Bonchev–Trinajstić information content (AvgIpc) is 3.29. The standard InChI is InChI=1S/C26H20FN3O5/c1-33-22-9-6-17-13-30(26-29-20-8-7-18(27)10-23(20)35-26)21(25(31)32)11-19(17)24(22)34-14-16-4-2-15(12-28)3-5-16/h2-10,21H,11,13-14H2,1H3,(H,31,32). The molecule has 4 aromatic rings. The normalized spacial score (nSPS) is 14.9. The van der Waals surface area contributed by atoms with Gasteiger partial charge in [0.2, 0.25) is 0 Å². The van der Waals surface area contributed by atoms with Crippen LogP contribution in [-0.4, -0.2) is 29.2 Å². The molecule has 1 atom stereocenters. The van der Waals surface area contributed by atoms with Crippen molar-refractivity contribution in [3.63, 3.8) is 0 Å². The minimum Gasteiger partial charge on any atom is -0.493 e. The first kappa shape index (κ1) is 22.2. The zero-order valence-corrected chi connectivity index (χ0v) is 18.7. The predicted octanol–water partition coefficient (Wildman–Crippen LogP) is 4.44. The van der Waals surface area contributed by atoms with Gasteiger partial charge in [0.05, 0.1) is 18.7 Å². The number of methoxy groups -OCH3 is 1. The first-order valence-electron chi connectivity index (χ1n) is 10.8. The molecule has 0 bridgehead atoms. The number of anilines is 1. The Kier molecular flexibility index (Phi) is 5.71. The van der Waals surface area contributed by atoms with Crippen molar-refractivity contribution in [1.82, 2.24) is 4.98 Å². The van der Waals surface area contributed by atoms with Crippen LogP contribution in [0.15, 0.2) is 59.0 Å². The van der Waals surface area contributed by atoms with Gasteiger partial charge in [0.15, 0.2) is 17.1 Å². The summed E-state index contributed by atoms with van der Waals surface area (Å²) in [4.78, 5) is 18.2. The minimum atomic E-state index is -1.05. The summed E-state index contributed by atoms with van der Waals surface area (Å²) in [5, 5.41) is 19.0. The molecule has 0 aliphatic carbocycles. The van der Waals surface area contributed by atoms with Gasteiger partial charge >= 0.3 is 5.97 Å². The molecule has 1 aromatic heterocycles. The van der Waals surface area contributed by atoms with Crippen LogP contribution in [-0.2, 0) is 24.4 Å². The van der Waals surface area contributed by atoms with Gasteiger partial charge in [-0.25, -0.2) is 9.18 Å². The molecule has 5 rings (SSSR count). The number of fused-ring (bicyclic) bond motifs is 2. The molecule has 1 aliphatic heterocycles. The van der Waals surface area contributed by atoms with E-state index in [4.69, 9.17) is 19.2 Å². The van der Waals surface area contributed by atoms with Crippen molar-refractivity contribution >= 4 is 23.1 Å². The highest BCUT2D eigenvalue weighted by Gasteiger charge is 2.36. The lowest BCUT2D eigenvalue weighted by molar-refractivity contribution is -0.138. The molecule has 2 heterocycles. The molecule has 1 unspecified atom stereocenters. The van der Waals surface area contributed by atoms with Crippen LogP contribution in [0, 0.1) is 17.1 Å². The maximum atomic E-state index is 13.6. The minimum absolute atomic E-state index is 0.111. The van der Waals surface area contributed by atoms with Gasteiger partial charge in [0, 0.05) is 24.6 Å². The molecule has 176 valence electrons. The highest BCUT2D eigenvalue weighted by atomic mass is 19.1. The summed E-state index contributed by atoms with van der Waals surface area (Å²) in [6, 6.07) is 15.9. The number of ether oxygens (including phenoxy) is 2. The van der Waals surface area contributed by atoms with Gasteiger partial charge in [-0.15, -0.1) is 0 Å².